The summed E-state index contributed by atoms with van der Waals surface area (Å²) in [4.78, 5) is 8.13. The first-order valence-electron chi connectivity index (χ1n) is 8.97. The van der Waals surface area contributed by atoms with E-state index >= 15 is 0 Å². The third kappa shape index (κ3) is 5.41. The summed E-state index contributed by atoms with van der Waals surface area (Å²) in [6, 6.07) is 14.0. The molecule has 0 spiro atoms. The number of hydrogen-bond acceptors (Lipinski definition) is 5. The molecular formula is C21H24N4O2. The zero-order valence-corrected chi connectivity index (χ0v) is 15.8. The Bertz CT molecular complexity index is 872. The molecule has 6 nitrogen and oxygen atoms in total. The molecule has 0 aliphatic heterocycles. The number of rotatable bonds is 8. The van der Waals surface area contributed by atoms with Gasteiger partial charge in [0.05, 0.1) is 0 Å². The van der Waals surface area contributed by atoms with Crippen molar-refractivity contribution in [2.24, 2.45) is 4.99 Å². The lowest BCUT2D eigenvalue weighted by atomic mass is 10.0. The van der Waals surface area contributed by atoms with Gasteiger partial charge in [0.1, 0.15) is 31.0 Å². The van der Waals surface area contributed by atoms with Crippen LogP contribution in [0.3, 0.4) is 0 Å². The Morgan fingerprint density at radius 1 is 1.07 bits per heavy atom. The number of benzene rings is 2. The average molecular weight is 364 g/mol. The maximum atomic E-state index is 5.94. The number of nitrogens with zero attached hydrogens (tertiary/aromatic N) is 3. The van der Waals surface area contributed by atoms with E-state index in [2.05, 4.69) is 59.1 Å². The van der Waals surface area contributed by atoms with Crippen molar-refractivity contribution in [3.8, 4) is 11.5 Å². The summed E-state index contributed by atoms with van der Waals surface area (Å²) in [6.07, 6.45) is 3.14. The van der Waals surface area contributed by atoms with Gasteiger partial charge in [-0.3, -0.25) is 0 Å². The normalized spacial score (nSPS) is 11.3. The summed E-state index contributed by atoms with van der Waals surface area (Å²) in [5, 5.41) is 6.43. The van der Waals surface area contributed by atoms with Crippen LogP contribution in [0.25, 0.3) is 0 Å². The molecular weight excluding hydrogens is 340 g/mol. The third-order valence-corrected chi connectivity index (χ3v) is 4.02. The van der Waals surface area contributed by atoms with Crippen LogP contribution >= 0.6 is 0 Å². The number of aromatic nitrogens is 3. The van der Waals surface area contributed by atoms with E-state index in [-0.39, 0.29) is 0 Å². The van der Waals surface area contributed by atoms with Crippen LogP contribution in [-0.2, 0) is 0 Å². The summed E-state index contributed by atoms with van der Waals surface area (Å²) in [7, 11) is 0. The molecule has 1 N–H and O–H groups in total. The first-order valence-corrected chi connectivity index (χ1v) is 8.97. The van der Waals surface area contributed by atoms with E-state index in [0.717, 1.165) is 17.1 Å². The van der Waals surface area contributed by atoms with Crippen LogP contribution in [-0.4, -0.2) is 34.6 Å². The van der Waals surface area contributed by atoms with Crippen LogP contribution in [0.1, 0.15) is 36.5 Å². The first kappa shape index (κ1) is 18.6. The molecule has 0 aliphatic rings. The Hall–Kier alpha value is -3.15. The summed E-state index contributed by atoms with van der Waals surface area (Å²) < 4.78 is 11.7. The Balaban J connectivity index is 1.49. The summed E-state index contributed by atoms with van der Waals surface area (Å²) >= 11 is 0. The van der Waals surface area contributed by atoms with Crippen molar-refractivity contribution in [1.82, 2.24) is 15.2 Å². The minimum Gasteiger partial charge on any atom is -0.490 e. The summed E-state index contributed by atoms with van der Waals surface area (Å²) in [6.45, 7) is 7.39. The summed E-state index contributed by atoms with van der Waals surface area (Å²) in [5.74, 6) is 2.63. The highest BCUT2D eigenvalue weighted by molar-refractivity contribution is 5.81. The molecule has 1 heterocycles. The number of H-pyrrole nitrogens is 1. The van der Waals surface area contributed by atoms with Crippen LogP contribution in [0.15, 0.2) is 53.8 Å². The molecule has 0 aliphatic carbocycles. The van der Waals surface area contributed by atoms with E-state index in [9.17, 15) is 0 Å². The van der Waals surface area contributed by atoms with E-state index in [1.54, 1.807) is 6.21 Å². The second kappa shape index (κ2) is 8.98. The lowest BCUT2D eigenvalue weighted by Gasteiger charge is -2.15. The molecule has 3 rings (SSSR count). The van der Waals surface area contributed by atoms with E-state index in [4.69, 9.17) is 9.47 Å². The van der Waals surface area contributed by atoms with Crippen molar-refractivity contribution in [3.05, 3.63) is 65.5 Å². The molecule has 0 amide bonds. The second-order valence-corrected chi connectivity index (χ2v) is 6.53. The highest BCUT2D eigenvalue weighted by Crippen LogP contribution is 2.27. The van der Waals surface area contributed by atoms with Gasteiger partial charge in [-0.1, -0.05) is 26.0 Å². The lowest BCUT2D eigenvalue weighted by Crippen LogP contribution is -2.10. The molecule has 0 saturated heterocycles. The fraction of sp³-hybridized carbons (Fsp3) is 0.286. The maximum Gasteiger partial charge on any atom is 0.245 e. The molecule has 2 aromatic carbocycles. The molecule has 3 aromatic rings. The topological polar surface area (TPSA) is 72.4 Å². The molecule has 27 heavy (non-hydrogen) atoms. The molecule has 0 bridgehead atoms. The van der Waals surface area contributed by atoms with Crippen molar-refractivity contribution in [2.45, 2.75) is 26.7 Å². The van der Waals surface area contributed by atoms with E-state index in [1.807, 2.05) is 24.3 Å². The van der Waals surface area contributed by atoms with Crippen molar-refractivity contribution >= 4 is 12.2 Å². The predicted octanol–water partition coefficient (Wildman–Crippen LogP) is 4.44. The van der Waals surface area contributed by atoms with Crippen LogP contribution in [0.5, 0.6) is 11.5 Å². The SMILES string of the molecule is Cc1ccc(C(C)C)c(OCCOc2ccc(/C=N/c3ncn[nH]3)cc2)c1. The highest BCUT2D eigenvalue weighted by Gasteiger charge is 2.08. The van der Waals surface area contributed by atoms with Crippen molar-refractivity contribution in [1.29, 1.82) is 0 Å². The lowest BCUT2D eigenvalue weighted by molar-refractivity contribution is 0.215. The van der Waals surface area contributed by atoms with Crippen LogP contribution in [0.2, 0.25) is 0 Å². The molecule has 0 radical (unpaired) electrons. The number of aromatic amines is 1. The van der Waals surface area contributed by atoms with E-state index in [0.29, 0.717) is 25.1 Å². The third-order valence-electron chi connectivity index (χ3n) is 4.02. The zero-order valence-electron chi connectivity index (χ0n) is 15.8. The van der Waals surface area contributed by atoms with Gasteiger partial charge in [-0.15, -0.1) is 0 Å². The van der Waals surface area contributed by atoms with Gasteiger partial charge in [0.2, 0.25) is 5.95 Å². The molecule has 1 aromatic heterocycles. The fourth-order valence-electron chi connectivity index (χ4n) is 2.60. The fourth-order valence-corrected chi connectivity index (χ4v) is 2.60. The van der Waals surface area contributed by atoms with Crippen molar-refractivity contribution < 1.29 is 9.47 Å². The predicted molar refractivity (Wildman–Crippen MR) is 106 cm³/mol. The maximum absolute atomic E-state index is 5.94. The van der Waals surface area contributed by atoms with E-state index < -0.39 is 0 Å². The van der Waals surface area contributed by atoms with Crippen LogP contribution in [0.4, 0.5) is 5.95 Å². The Morgan fingerprint density at radius 2 is 1.85 bits per heavy atom. The van der Waals surface area contributed by atoms with Gasteiger partial charge in [0, 0.05) is 6.21 Å². The van der Waals surface area contributed by atoms with Gasteiger partial charge in [0.15, 0.2) is 0 Å². The monoisotopic (exact) mass is 364 g/mol. The van der Waals surface area contributed by atoms with Gasteiger partial charge in [0.25, 0.3) is 0 Å². The molecule has 0 saturated carbocycles. The number of ether oxygens (including phenoxy) is 2. The van der Waals surface area contributed by atoms with E-state index in [1.165, 1.54) is 17.5 Å². The largest absolute Gasteiger partial charge is 0.490 e. The second-order valence-electron chi connectivity index (χ2n) is 6.53. The Labute approximate surface area is 159 Å². The molecule has 0 unspecified atom stereocenters. The Morgan fingerprint density at radius 3 is 2.56 bits per heavy atom. The van der Waals surface area contributed by atoms with Crippen molar-refractivity contribution in [3.63, 3.8) is 0 Å². The molecule has 0 atom stereocenters. The van der Waals surface area contributed by atoms with Crippen LogP contribution in [0, 0.1) is 6.92 Å². The highest BCUT2D eigenvalue weighted by atomic mass is 16.5. The zero-order chi connectivity index (χ0) is 19.1. The number of nitrogens with one attached hydrogen (secondary N) is 1. The first-order chi connectivity index (χ1) is 13.1. The Kier molecular flexibility index (Phi) is 6.20. The minimum atomic E-state index is 0.424. The van der Waals surface area contributed by atoms with Crippen LogP contribution < -0.4 is 9.47 Å². The van der Waals surface area contributed by atoms with Crippen molar-refractivity contribution in [2.75, 3.05) is 13.2 Å². The number of aryl methyl sites for hydroxylation is 1. The number of aliphatic imine (C=N–C) groups is 1. The minimum absolute atomic E-state index is 0.424. The standard InChI is InChI=1S/C21H24N4O2/c1-15(2)19-9-4-16(3)12-20(19)27-11-10-26-18-7-5-17(6-8-18)13-22-21-23-14-24-25-21/h4-9,12-15H,10-11H2,1-3H3,(H,23,24,25)/b22-13+. The smallest absolute Gasteiger partial charge is 0.245 e. The molecule has 140 valence electrons. The molecule has 0 fully saturated rings. The van der Waals surface area contributed by atoms with Gasteiger partial charge < -0.3 is 9.47 Å². The molecule has 6 heteroatoms. The van der Waals surface area contributed by atoms with Gasteiger partial charge in [-0.25, -0.2) is 10.1 Å². The van der Waals surface area contributed by atoms with Gasteiger partial charge >= 0.3 is 0 Å². The number of hydrogen-bond donors (Lipinski definition) is 1. The average Bonchev–Trinajstić information content (AvgIpc) is 3.18. The quantitative estimate of drug-likeness (QED) is 0.474. The summed E-state index contributed by atoms with van der Waals surface area (Å²) in [5.41, 5.74) is 3.37. The van der Waals surface area contributed by atoms with Gasteiger partial charge in [-0.05, 0) is 59.9 Å². The van der Waals surface area contributed by atoms with Gasteiger partial charge in [-0.2, -0.15) is 10.1 Å².